The molecule has 1 aliphatic heterocycles. The van der Waals surface area contributed by atoms with Crippen molar-refractivity contribution in [3.8, 4) is 6.07 Å². The summed E-state index contributed by atoms with van der Waals surface area (Å²) in [7, 11) is 0. The van der Waals surface area contributed by atoms with Crippen molar-refractivity contribution in [3.05, 3.63) is 76.7 Å². The lowest BCUT2D eigenvalue weighted by molar-refractivity contribution is 0.277. The lowest BCUT2D eigenvalue weighted by Gasteiger charge is -2.32. The predicted octanol–water partition coefficient (Wildman–Crippen LogP) is 4.20. The molecule has 0 bridgehead atoms. The van der Waals surface area contributed by atoms with Crippen molar-refractivity contribution >= 4 is 6.08 Å². The normalized spacial score (nSPS) is 22.3. The van der Waals surface area contributed by atoms with Crippen molar-refractivity contribution in [2.45, 2.75) is 25.2 Å². The number of nitrogens with zero attached hydrogens (tertiary/aromatic N) is 1. The van der Waals surface area contributed by atoms with Gasteiger partial charge in [0.2, 0.25) is 5.88 Å². The Kier molecular flexibility index (Phi) is 3.51. The van der Waals surface area contributed by atoms with Gasteiger partial charge in [-0.05, 0) is 48.6 Å². The monoisotopic (exact) mass is 320 g/mol. The number of hydrogen-bond donors (Lipinski definition) is 1. The Labute approximate surface area is 139 Å². The molecule has 2 aromatic rings. The molecule has 5 heteroatoms. The van der Waals surface area contributed by atoms with Crippen molar-refractivity contribution in [2.24, 2.45) is 5.73 Å². The fourth-order valence-electron chi connectivity index (χ4n) is 3.41. The molecule has 1 unspecified atom stereocenters. The molecule has 24 heavy (non-hydrogen) atoms. The first-order valence-electron chi connectivity index (χ1n) is 7.84. The molecule has 0 spiro atoms. The molecule has 5 nitrogen and oxygen atoms in total. The van der Waals surface area contributed by atoms with E-state index in [9.17, 15) is 5.26 Å². The van der Waals surface area contributed by atoms with Crippen LogP contribution in [0, 0.1) is 11.3 Å². The van der Waals surface area contributed by atoms with Crippen molar-refractivity contribution in [1.29, 1.82) is 5.26 Å². The summed E-state index contributed by atoms with van der Waals surface area (Å²) in [6.45, 7) is 0. The molecule has 2 aliphatic rings. The topological polar surface area (TPSA) is 85.3 Å². The summed E-state index contributed by atoms with van der Waals surface area (Å²) >= 11 is 0. The van der Waals surface area contributed by atoms with Gasteiger partial charge in [0.15, 0.2) is 0 Å². The number of nitriles is 1. The van der Waals surface area contributed by atoms with Crippen LogP contribution in [0.25, 0.3) is 6.08 Å². The minimum absolute atomic E-state index is 0.169. The van der Waals surface area contributed by atoms with Crippen molar-refractivity contribution in [3.63, 3.8) is 0 Å². The number of nitrogens with two attached hydrogens (primary N) is 1. The fraction of sp³-hybridized carbons (Fsp3) is 0.211. The van der Waals surface area contributed by atoms with E-state index in [1.807, 2.05) is 12.1 Å². The molecule has 0 saturated carbocycles. The summed E-state index contributed by atoms with van der Waals surface area (Å²) in [4.78, 5) is 0. The average Bonchev–Trinajstić information content (AvgIpc) is 3.28. The van der Waals surface area contributed by atoms with E-state index in [1.165, 1.54) is 0 Å². The molecule has 0 amide bonds. The van der Waals surface area contributed by atoms with Crippen LogP contribution in [0.15, 0.2) is 74.4 Å². The van der Waals surface area contributed by atoms with Gasteiger partial charge in [-0.15, -0.1) is 0 Å². The van der Waals surface area contributed by atoms with Gasteiger partial charge in [0.25, 0.3) is 0 Å². The molecular weight excluding hydrogens is 304 g/mol. The molecule has 4 rings (SSSR count). The second-order valence-electron chi connectivity index (χ2n) is 5.92. The molecule has 1 atom stereocenters. The highest BCUT2D eigenvalue weighted by Gasteiger charge is 2.35. The van der Waals surface area contributed by atoms with Crippen molar-refractivity contribution in [2.75, 3.05) is 0 Å². The van der Waals surface area contributed by atoms with E-state index in [2.05, 4.69) is 12.1 Å². The van der Waals surface area contributed by atoms with Crippen LogP contribution in [0.5, 0.6) is 0 Å². The van der Waals surface area contributed by atoms with Gasteiger partial charge >= 0.3 is 0 Å². The van der Waals surface area contributed by atoms with Crippen molar-refractivity contribution in [1.82, 2.24) is 0 Å². The summed E-state index contributed by atoms with van der Waals surface area (Å²) in [5, 5.41) is 9.55. The third-order valence-corrected chi connectivity index (χ3v) is 4.47. The standard InChI is InChI=1S/C19H16N2O3/c20-9-16-17(14-5-7-23-11-14)15-3-1-2-13(18(15)24-19(16)21)8-12-4-6-22-10-12/h4-8,10-11,17H,1-3,21H2/b13-8+. The minimum Gasteiger partial charge on any atom is -0.472 e. The predicted molar refractivity (Wildman–Crippen MR) is 86.9 cm³/mol. The van der Waals surface area contributed by atoms with E-state index in [-0.39, 0.29) is 11.8 Å². The quantitative estimate of drug-likeness (QED) is 0.896. The number of ether oxygens (including phenoxy) is 1. The largest absolute Gasteiger partial charge is 0.472 e. The van der Waals surface area contributed by atoms with Gasteiger partial charge < -0.3 is 19.3 Å². The van der Waals surface area contributed by atoms with Gasteiger partial charge in [-0.25, -0.2) is 0 Å². The molecule has 0 aromatic carbocycles. The maximum atomic E-state index is 9.55. The summed E-state index contributed by atoms with van der Waals surface area (Å²) in [5.41, 5.74) is 10.6. The van der Waals surface area contributed by atoms with Crippen LogP contribution in [0.1, 0.15) is 36.3 Å². The SMILES string of the molecule is N#CC1=C(N)OC2=C(CCC/C2=C\c2ccoc2)C1c1ccoc1. The Balaban J connectivity index is 1.84. The Bertz CT molecular complexity index is 878. The van der Waals surface area contributed by atoms with Gasteiger partial charge in [-0.1, -0.05) is 0 Å². The molecule has 0 saturated heterocycles. The van der Waals surface area contributed by atoms with Crippen LogP contribution >= 0.6 is 0 Å². The molecule has 2 aromatic heterocycles. The highest BCUT2D eigenvalue weighted by Crippen LogP contribution is 2.46. The molecule has 0 radical (unpaired) electrons. The smallest absolute Gasteiger partial charge is 0.205 e. The maximum Gasteiger partial charge on any atom is 0.205 e. The highest BCUT2D eigenvalue weighted by atomic mass is 16.5. The zero-order valence-corrected chi connectivity index (χ0v) is 13.0. The Morgan fingerprint density at radius 1 is 1.17 bits per heavy atom. The summed E-state index contributed by atoms with van der Waals surface area (Å²) in [6, 6.07) is 5.98. The number of hydrogen-bond acceptors (Lipinski definition) is 5. The van der Waals surface area contributed by atoms with Crippen molar-refractivity contribution < 1.29 is 13.6 Å². The Morgan fingerprint density at radius 2 is 2.00 bits per heavy atom. The summed E-state index contributed by atoms with van der Waals surface area (Å²) in [6.07, 6.45) is 11.4. The first kappa shape index (κ1) is 14.5. The van der Waals surface area contributed by atoms with Crippen LogP contribution in [0.3, 0.4) is 0 Å². The van der Waals surface area contributed by atoms with Gasteiger partial charge in [0, 0.05) is 11.1 Å². The molecule has 2 N–H and O–H groups in total. The minimum atomic E-state index is -0.203. The van der Waals surface area contributed by atoms with Crippen LogP contribution in [-0.4, -0.2) is 0 Å². The van der Waals surface area contributed by atoms with E-state index in [4.69, 9.17) is 19.3 Å². The van der Waals surface area contributed by atoms with Gasteiger partial charge in [0.05, 0.1) is 31.0 Å². The number of furan rings is 2. The van der Waals surface area contributed by atoms with Gasteiger partial charge in [-0.2, -0.15) is 5.26 Å². The summed E-state index contributed by atoms with van der Waals surface area (Å²) < 4.78 is 16.2. The van der Waals surface area contributed by atoms with E-state index in [0.29, 0.717) is 5.57 Å². The Morgan fingerprint density at radius 3 is 2.71 bits per heavy atom. The highest BCUT2D eigenvalue weighted by molar-refractivity contribution is 5.61. The van der Waals surface area contributed by atoms with E-state index >= 15 is 0 Å². The zero-order chi connectivity index (χ0) is 16.5. The average molecular weight is 320 g/mol. The third-order valence-electron chi connectivity index (χ3n) is 4.47. The molecular formula is C19H16N2O3. The number of rotatable bonds is 2. The van der Waals surface area contributed by atoms with Gasteiger partial charge in [0.1, 0.15) is 17.4 Å². The zero-order valence-electron chi connectivity index (χ0n) is 13.0. The first-order valence-corrected chi connectivity index (χ1v) is 7.84. The third kappa shape index (κ3) is 2.33. The molecule has 120 valence electrons. The van der Waals surface area contributed by atoms with E-state index in [0.717, 1.165) is 47.3 Å². The molecule has 1 aliphatic carbocycles. The summed E-state index contributed by atoms with van der Waals surface area (Å²) in [5.74, 6) is 0.748. The van der Waals surface area contributed by atoms with Gasteiger partial charge in [-0.3, -0.25) is 0 Å². The lowest BCUT2D eigenvalue weighted by Crippen LogP contribution is -2.23. The first-order chi connectivity index (χ1) is 11.8. The van der Waals surface area contributed by atoms with Crippen LogP contribution in [-0.2, 0) is 4.74 Å². The number of allylic oxidation sites excluding steroid dienone is 3. The lowest BCUT2D eigenvalue weighted by atomic mass is 9.77. The van der Waals surface area contributed by atoms with Crippen LogP contribution in [0.2, 0.25) is 0 Å². The maximum absolute atomic E-state index is 9.55. The van der Waals surface area contributed by atoms with E-state index < -0.39 is 0 Å². The second kappa shape index (κ2) is 5.82. The Hall–Kier alpha value is -3.13. The second-order valence-corrected chi connectivity index (χ2v) is 5.92. The molecule has 0 fully saturated rings. The fourth-order valence-corrected chi connectivity index (χ4v) is 3.41. The van der Waals surface area contributed by atoms with Crippen LogP contribution in [0.4, 0.5) is 0 Å². The molecule has 3 heterocycles. The van der Waals surface area contributed by atoms with Crippen LogP contribution < -0.4 is 5.73 Å². The van der Waals surface area contributed by atoms with E-state index in [1.54, 1.807) is 25.1 Å².